The van der Waals surface area contributed by atoms with Gasteiger partial charge in [-0.3, -0.25) is 4.79 Å². The van der Waals surface area contributed by atoms with E-state index in [0.717, 1.165) is 10.8 Å². The van der Waals surface area contributed by atoms with Crippen molar-refractivity contribution in [2.75, 3.05) is 0 Å². The van der Waals surface area contributed by atoms with Gasteiger partial charge in [-0.15, -0.1) is 11.3 Å². The van der Waals surface area contributed by atoms with Crippen molar-refractivity contribution in [1.82, 2.24) is 4.98 Å². The van der Waals surface area contributed by atoms with Crippen molar-refractivity contribution >= 4 is 17.1 Å². The van der Waals surface area contributed by atoms with Gasteiger partial charge in [0, 0.05) is 19.0 Å². The van der Waals surface area contributed by atoms with Gasteiger partial charge >= 0.3 is 0 Å². The van der Waals surface area contributed by atoms with E-state index in [9.17, 15) is 4.79 Å². The molecular formula is C12H17NOS. The summed E-state index contributed by atoms with van der Waals surface area (Å²) in [5.41, 5.74) is 0. The van der Waals surface area contributed by atoms with E-state index in [-0.39, 0.29) is 5.78 Å². The molecule has 3 heteroatoms. The van der Waals surface area contributed by atoms with E-state index in [2.05, 4.69) is 11.9 Å². The summed E-state index contributed by atoms with van der Waals surface area (Å²) in [6, 6.07) is 0. The molecule has 0 spiro atoms. The van der Waals surface area contributed by atoms with E-state index in [4.69, 9.17) is 0 Å². The van der Waals surface area contributed by atoms with E-state index in [1.54, 1.807) is 24.5 Å². The third-order valence-corrected chi connectivity index (χ3v) is 4.50. The number of hydrogen-bond acceptors (Lipinski definition) is 3. The Kier molecular flexibility index (Phi) is 3.19. The monoisotopic (exact) mass is 223 g/mol. The lowest BCUT2D eigenvalue weighted by Gasteiger charge is -2.24. The fourth-order valence-electron chi connectivity index (χ4n) is 2.15. The fraction of sp³-hybridized carbons (Fsp3) is 0.667. The zero-order valence-corrected chi connectivity index (χ0v) is 10.1. The minimum absolute atomic E-state index is 0.142. The summed E-state index contributed by atoms with van der Waals surface area (Å²) in [5, 5.41) is 1.17. The molecule has 1 aliphatic carbocycles. The van der Waals surface area contributed by atoms with Crippen LogP contribution in [0.3, 0.4) is 0 Å². The molecule has 0 N–H and O–H groups in total. The van der Waals surface area contributed by atoms with Crippen LogP contribution in [0.15, 0.2) is 6.20 Å². The average molecular weight is 223 g/mol. The maximum Gasteiger partial charge on any atom is 0.171 e. The first-order valence-corrected chi connectivity index (χ1v) is 6.45. The topological polar surface area (TPSA) is 30.0 Å². The summed E-state index contributed by atoms with van der Waals surface area (Å²) >= 11 is 1.59. The normalized spacial score (nSPS) is 26.5. The van der Waals surface area contributed by atoms with Gasteiger partial charge in [0.05, 0.1) is 9.88 Å². The standard InChI is InChI=1S/C12H17NOS/c1-8-3-5-10(6-4-8)12-13-7-11(15-12)9(2)14/h7-8,10H,3-6H2,1-2H3. The van der Waals surface area contributed by atoms with E-state index < -0.39 is 0 Å². The average Bonchev–Trinajstić information content (AvgIpc) is 2.68. The number of carbonyl (C=O) groups is 1. The SMILES string of the molecule is CC(=O)c1cnc(C2CCC(C)CC2)s1. The van der Waals surface area contributed by atoms with Crippen molar-refractivity contribution in [3.8, 4) is 0 Å². The number of thiazole rings is 1. The molecule has 0 unspecified atom stereocenters. The molecule has 0 radical (unpaired) electrons. The molecule has 1 heterocycles. The second-order valence-electron chi connectivity index (χ2n) is 4.58. The van der Waals surface area contributed by atoms with Crippen LogP contribution in [0.1, 0.15) is 60.1 Å². The zero-order valence-electron chi connectivity index (χ0n) is 9.32. The summed E-state index contributed by atoms with van der Waals surface area (Å²) in [7, 11) is 0. The molecule has 1 aromatic rings. The van der Waals surface area contributed by atoms with Crippen LogP contribution in [0.5, 0.6) is 0 Å². The first-order chi connectivity index (χ1) is 7.16. The largest absolute Gasteiger partial charge is 0.294 e. The lowest BCUT2D eigenvalue weighted by atomic mass is 9.83. The second-order valence-corrected chi connectivity index (χ2v) is 5.64. The van der Waals surface area contributed by atoms with Gasteiger partial charge in [0.1, 0.15) is 0 Å². The zero-order chi connectivity index (χ0) is 10.8. The maximum atomic E-state index is 11.2. The highest BCUT2D eigenvalue weighted by molar-refractivity contribution is 7.13. The molecule has 0 bridgehead atoms. The molecule has 1 fully saturated rings. The predicted molar refractivity (Wildman–Crippen MR) is 62.5 cm³/mol. The predicted octanol–water partition coefficient (Wildman–Crippen LogP) is 3.64. The van der Waals surface area contributed by atoms with Crippen LogP contribution in [0.4, 0.5) is 0 Å². The van der Waals surface area contributed by atoms with Gasteiger partial charge in [-0.2, -0.15) is 0 Å². The van der Waals surface area contributed by atoms with Crippen LogP contribution in [0.2, 0.25) is 0 Å². The number of carbonyl (C=O) groups excluding carboxylic acids is 1. The van der Waals surface area contributed by atoms with Gasteiger partial charge in [-0.25, -0.2) is 4.98 Å². The highest BCUT2D eigenvalue weighted by Crippen LogP contribution is 2.37. The van der Waals surface area contributed by atoms with Gasteiger partial charge in [0.2, 0.25) is 0 Å². The van der Waals surface area contributed by atoms with Gasteiger partial charge in [0.25, 0.3) is 0 Å². The Labute approximate surface area is 94.7 Å². The highest BCUT2D eigenvalue weighted by Gasteiger charge is 2.22. The van der Waals surface area contributed by atoms with Crippen molar-refractivity contribution in [3.63, 3.8) is 0 Å². The third kappa shape index (κ3) is 2.46. The molecule has 2 nitrogen and oxygen atoms in total. The molecule has 1 aliphatic rings. The van der Waals surface area contributed by atoms with Crippen molar-refractivity contribution in [1.29, 1.82) is 0 Å². The second kappa shape index (κ2) is 4.44. The summed E-state index contributed by atoms with van der Waals surface area (Å²) in [6.45, 7) is 3.93. The van der Waals surface area contributed by atoms with Crippen LogP contribution in [0, 0.1) is 5.92 Å². The Bertz CT molecular complexity index is 350. The lowest BCUT2D eigenvalue weighted by molar-refractivity contribution is 0.102. The lowest BCUT2D eigenvalue weighted by Crippen LogP contribution is -2.10. The Morgan fingerprint density at radius 2 is 2.07 bits per heavy atom. The van der Waals surface area contributed by atoms with E-state index in [1.165, 1.54) is 30.7 Å². The van der Waals surface area contributed by atoms with E-state index >= 15 is 0 Å². The first kappa shape index (κ1) is 10.8. The molecule has 1 saturated carbocycles. The number of Topliss-reactive ketones (excluding diaryl/α,β-unsaturated/α-hetero) is 1. The molecule has 15 heavy (non-hydrogen) atoms. The minimum atomic E-state index is 0.142. The molecule has 0 saturated heterocycles. The number of ketones is 1. The molecule has 2 rings (SSSR count). The molecule has 0 aliphatic heterocycles. The van der Waals surface area contributed by atoms with Gasteiger partial charge in [0.15, 0.2) is 5.78 Å². The Morgan fingerprint density at radius 3 is 2.60 bits per heavy atom. The molecule has 0 amide bonds. The smallest absolute Gasteiger partial charge is 0.171 e. The van der Waals surface area contributed by atoms with Crippen molar-refractivity contribution in [2.24, 2.45) is 5.92 Å². The summed E-state index contributed by atoms with van der Waals surface area (Å²) in [5.74, 6) is 1.62. The van der Waals surface area contributed by atoms with Crippen molar-refractivity contribution in [3.05, 3.63) is 16.1 Å². The van der Waals surface area contributed by atoms with Gasteiger partial charge in [-0.1, -0.05) is 19.8 Å². The highest BCUT2D eigenvalue weighted by atomic mass is 32.1. The minimum Gasteiger partial charge on any atom is -0.294 e. The number of nitrogens with zero attached hydrogens (tertiary/aromatic N) is 1. The molecule has 0 atom stereocenters. The van der Waals surface area contributed by atoms with Crippen molar-refractivity contribution in [2.45, 2.75) is 45.4 Å². The van der Waals surface area contributed by atoms with Gasteiger partial charge < -0.3 is 0 Å². The van der Waals surface area contributed by atoms with Crippen LogP contribution in [0.25, 0.3) is 0 Å². The number of hydrogen-bond donors (Lipinski definition) is 0. The fourth-order valence-corrected chi connectivity index (χ4v) is 3.13. The van der Waals surface area contributed by atoms with Gasteiger partial charge in [-0.05, 0) is 18.8 Å². The van der Waals surface area contributed by atoms with Crippen LogP contribution < -0.4 is 0 Å². The van der Waals surface area contributed by atoms with Crippen LogP contribution in [-0.4, -0.2) is 10.8 Å². The molecular weight excluding hydrogens is 206 g/mol. The van der Waals surface area contributed by atoms with Crippen LogP contribution in [-0.2, 0) is 0 Å². The Morgan fingerprint density at radius 1 is 1.40 bits per heavy atom. The molecule has 0 aromatic carbocycles. The quantitative estimate of drug-likeness (QED) is 0.716. The van der Waals surface area contributed by atoms with Crippen molar-refractivity contribution < 1.29 is 4.79 Å². The van der Waals surface area contributed by atoms with Crippen LogP contribution >= 0.6 is 11.3 Å². The number of rotatable bonds is 2. The van der Waals surface area contributed by atoms with E-state index in [0.29, 0.717) is 5.92 Å². The molecule has 1 aromatic heterocycles. The summed E-state index contributed by atoms with van der Waals surface area (Å²) in [6.07, 6.45) is 6.83. The Balaban J connectivity index is 2.06. The number of aromatic nitrogens is 1. The molecule has 82 valence electrons. The first-order valence-electron chi connectivity index (χ1n) is 5.63. The maximum absolute atomic E-state index is 11.2. The summed E-state index contributed by atoms with van der Waals surface area (Å²) < 4.78 is 0. The van der Waals surface area contributed by atoms with E-state index in [1.807, 2.05) is 0 Å². The summed E-state index contributed by atoms with van der Waals surface area (Å²) in [4.78, 5) is 16.4. The third-order valence-electron chi connectivity index (χ3n) is 3.24. The Hall–Kier alpha value is -0.700.